The lowest BCUT2D eigenvalue weighted by molar-refractivity contribution is -0.122. The van der Waals surface area contributed by atoms with E-state index in [-0.39, 0.29) is 23.3 Å². The van der Waals surface area contributed by atoms with Crippen LogP contribution in [-0.2, 0) is 4.79 Å². The van der Waals surface area contributed by atoms with Crippen LogP contribution in [0, 0.1) is 0 Å². The van der Waals surface area contributed by atoms with E-state index in [9.17, 15) is 9.59 Å². The Morgan fingerprint density at radius 1 is 1.38 bits per heavy atom. The molecule has 0 spiro atoms. The van der Waals surface area contributed by atoms with Gasteiger partial charge in [-0.1, -0.05) is 29.8 Å². The molecule has 0 saturated carbocycles. The number of imide groups is 1. The van der Waals surface area contributed by atoms with E-state index in [1.54, 1.807) is 0 Å². The predicted molar refractivity (Wildman–Crippen MR) is 59.9 cm³/mol. The van der Waals surface area contributed by atoms with Gasteiger partial charge in [-0.3, -0.25) is 10.1 Å². The molecular formula is C7H16AlBrN2O2. The van der Waals surface area contributed by atoms with Crippen LogP contribution >= 0.6 is 15.9 Å². The molecule has 76 valence electrons. The molecule has 0 bridgehead atoms. The molecule has 0 aliphatic heterocycles. The van der Waals surface area contributed by atoms with Gasteiger partial charge >= 0.3 is 6.03 Å². The summed E-state index contributed by atoms with van der Waals surface area (Å²) in [4.78, 5) is 21.6. The number of amides is 3. The third-order valence-electron chi connectivity index (χ3n) is 1.76. The highest BCUT2D eigenvalue weighted by atomic mass is 79.9. The molecule has 0 radical (unpaired) electrons. The fourth-order valence-corrected chi connectivity index (χ4v) is 0.894. The summed E-state index contributed by atoms with van der Waals surface area (Å²) in [6.45, 7) is 3.72. The van der Waals surface area contributed by atoms with Crippen LogP contribution in [0.3, 0.4) is 0 Å². The lowest BCUT2D eigenvalue weighted by Gasteiger charge is -2.21. The fourth-order valence-electron chi connectivity index (χ4n) is 0.795. The number of primary amides is 1. The zero-order valence-corrected chi connectivity index (χ0v) is 8.77. The number of halogens is 1. The first-order valence-corrected chi connectivity index (χ1v) is 4.55. The molecule has 0 fully saturated rings. The van der Waals surface area contributed by atoms with Crippen molar-refractivity contribution >= 4 is 45.2 Å². The largest absolute Gasteiger partial charge is 0.351 e. The molecule has 3 N–H and O–H groups in total. The molecule has 4 nitrogen and oxygen atoms in total. The van der Waals surface area contributed by atoms with Crippen LogP contribution < -0.4 is 11.1 Å². The third kappa shape index (κ3) is 4.65. The average Bonchev–Trinajstić information content (AvgIpc) is 2.02. The number of alkyl halides is 1. The summed E-state index contributed by atoms with van der Waals surface area (Å²) in [6.07, 6.45) is 1.23. The summed E-state index contributed by atoms with van der Waals surface area (Å²) in [5.74, 6) is -0.375. The van der Waals surface area contributed by atoms with Gasteiger partial charge in [0.15, 0.2) is 17.4 Å². The summed E-state index contributed by atoms with van der Waals surface area (Å²) in [5, 5.41) is 2.04. The van der Waals surface area contributed by atoms with Crippen LogP contribution in [-0.4, -0.2) is 33.6 Å². The van der Waals surface area contributed by atoms with E-state index < -0.39 is 10.4 Å². The summed E-state index contributed by atoms with van der Waals surface area (Å²) in [6, 6.07) is -0.814. The van der Waals surface area contributed by atoms with Gasteiger partial charge < -0.3 is 5.73 Å². The first kappa shape index (κ1) is 15.4. The van der Waals surface area contributed by atoms with Gasteiger partial charge in [0.2, 0.25) is 5.91 Å². The van der Waals surface area contributed by atoms with Crippen molar-refractivity contribution in [3.8, 4) is 0 Å². The van der Waals surface area contributed by atoms with Crippen LogP contribution in [0.25, 0.3) is 0 Å². The van der Waals surface area contributed by atoms with Gasteiger partial charge in [-0.25, -0.2) is 4.79 Å². The van der Waals surface area contributed by atoms with Gasteiger partial charge in [0, 0.05) is 0 Å². The molecule has 0 atom stereocenters. The number of hydrogen-bond donors (Lipinski definition) is 2. The van der Waals surface area contributed by atoms with Crippen molar-refractivity contribution in [3.63, 3.8) is 0 Å². The van der Waals surface area contributed by atoms with Crippen LogP contribution in [0.15, 0.2) is 0 Å². The lowest BCUT2D eigenvalue weighted by atomic mass is 10.0. The standard InChI is InChI=1S/C7H13BrN2O2.Al.3H/c1-3-7(8,4-2)5(11)10-6(9)12;;;;/h3-4H2,1-2H3,(H3,9,10,11,12);;;;. The van der Waals surface area contributed by atoms with E-state index in [1.807, 2.05) is 19.2 Å². The second-order valence-corrected chi connectivity index (χ2v) is 4.01. The second kappa shape index (κ2) is 6.41. The van der Waals surface area contributed by atoms with Crippen LogP contribution in [0.2, 0.25) is 0 Å². The van der Waals surface area contributed by atoms with Gasteiger partial charge in [0.1, 0.15) is 4.32 Å². The molecule has 0 rings (SSSR count). The van der Waals surface area contributed by atoms with Gasteiger partial charge in [-0.05, 0) is 12.8 Å². The predicted octanol–water partition coefficient (Wildman–Crippen LogP) is -0.0489. The van der Waals surface area contributed by atoms with E-state index in [1.165, 1.54) is 0 Å². The minimum Gasteiger partial charge on any atom is -0.351 e. The molecule has 0 saturated heterocycles. The number of urea groups is 1. The minimum atomic E-state index is -0.814. The Kier molecular flexibility index (Phi) is 7.61. The zero-order chi connectivity index (χ0) is 9.78. The van der Waals surface area contributed by atoms with Crippen molar-refractivity contribution in [3.05, 3.63) is 0 Å². The monoisotopic (exact) mass is 266 g/mol. The smallest absolute Gasteiger partial charge is 0.318 e. The minimum absolute atomic E-state index is 0. The highest BCUT2D eigenvalue weighted by Crippen LogP contribution is 2.26. The maximum Gasteiger partial charge on any atom is 0.318 e. The molecule has 13 heavy (non-hydrogen) atoms. The highest BCUT2D eigenvalue weighted by molar-refractivity contribution is 9.10. The molecule has 0 aromatic carbocycles. The Balaban J connectivity index is 0. The van der Waals surface area contributed by atoms with Gasteiger partial charge in [0.05, 0.1) is 0 Å². The summed E-state index contributed by atoms with van der Waals surface area (Å²) < 4.78 is -0.665. The van der Waals surface area contributed by atoms with Crippen molar-refractivity contribution in [1.29, 1.82) is 0 Å². The van der Waals surface area contributed by atoms with E-state index in [0.717, 1.165) is 0 Å². The molecule has 0 heterocycles. The van der Waals surface area contributed by atoms with Crippen molar-refractivity contribution in [2.24, 2.45) is 5.73 Å². The normalized spacial score (nSPS) is 10.1. The lowest BCUT2D eigenvalue weighted by Crippen LogP contribution is -2.46. The SMILES string of the molecule is CCC(Br)(CC)C(=O)NC(N)=O.[AlH3]. The molecular weight excluding hydrogens is 251 g/mol. The number of hydrogen-bond acceptors (Lipinski definition) is 2. The molecule has 3 amide bonds. The maximum absolute atomic E-state index is 11.3. The first-order chi connectivity index (χ1) is 5.46. The first-order valence-electron chi connectivity index (χ1n) is 3.76. The Labute approximate surface area is 96.9 Å². The topological polar surface area (TPSA) is 72.2 Å². The summed E-state index contributed by atoms with van der Waals surface area (Å²) in [5.41, 5.74) is 4.81. The van der Waals surface area contributed by atoms with E-state index in [4.69, 9.17) is 5.73 Å². The van der Waals surface area contributed by atoms with Gasteiger partial charge in [-0.15, -0.1) is 0 Å². The van der Waals surface area contributed by atoms with Crippen molar-refractivity contribution in [2.75, 3.05) is 0 Å². The Morgan fingerprint density at radius 2 is 1.77 bits per heavy atom. The highest BCUT2D eigenvalue weighted by Gasteiger charge is 2.32. The van der Waals surface area contributed by atoms with Crippen LogP contribution in [0.1, 0.15) is 26.7 Å². The van der Waals surface area contributed by atoms with Gasteiger partial charge in [0.25, 0.3) is 0 Å². The maximum atomic E-state index is 11.3. The number of nitrogens with two attached hydrogens (primary N) is 1. The molecule has 0 aliphatic rings. The summed E-state index contributed by atoms with van der Waals surface area (Å²) in [7, 11) is 0. The van der Waals surface area contributed by atoms with Crippen LogP contribution in [0.5, 0.6) is 0 Å². The Morgan fingerprint density at radius 3 is 2.00 bits per heavy atom. The quantitative estimate of drug-likeness (QED) is 0.556. The average molecular weight is 267 g/mol. The van der Waals surface area contributed by atoms with E-state index in [0.29, 0.717) is 12.8 Å². The second-order valence-electron chi connectivity index (χ2n) is 2.49. The third-order valence-corrected chi connectivity index (χ3v) is 3.25. The molecule has 0 aromatic rings. The Bertz CT molecular complexity index is 195. The zero-order valence-electron chi connectivity index (χ0n) is 7.19. The molecule has 0 aliphatic carbocycles. The number of nitrogens with one attached hydrogen (secondary N) is 1. The Hall–Kier alpha value is -0.0475. The molecule has 0 unspecified atom stereocenters. The van der Waals surface area contributed by atoms with E-state index in [2.05, 4.69) is 15.9 Å². The molecule has 0 aromatic heterocycles. The van der Waals surface area contributed by atoms with Crippen molar-refractivity contribution < 1.29 is 9.59 Å². The summed E-state index contributed by atoms with van der Waals surface area (Å²) >= 11 is 3.26. The molecule has 6 heteroatoms. The van der Waals surface area contributed by atoms with Crippen molar-refractivity contribution in [2.45, 2.75) is 31.0 Å². The van der Waals surface area contributed by atoms with Gasteiger partial charge in [-0.2, -0.15) is 0 Å². The number of rotatable bonds is 3. The van der Waals surface area contributed by atoms with Crippen LogP contribution in [0.4, 0.5) is 4.79 Å². The van der Waals surface area contributed by atoms with E-state index >= 15 is 0 Å². The van der Waals surface area contributed by atoms with Crippen molar-refractivity contribution in [1.82, 2.24) is 5.32 Å². The number of carbonyl (C=O) groups excluding carboxylic acids is 2. The fraction of sp³-hybridized carbons (Fsp3) is 0.714. The number of carbonyl (C=O) groups is 2.